The summed E-state index contributed by atoms with van der Waals surface area (Å²) in [5, 5.41) is 0. The number of carbonyl (C=O) groups is 2. The first-order valence-electron chi connectivity index (χ1n) is 4.65. The predicted molar refractivity (Wildman–Crippen MR) is 58.3 cm³/mol. The van der Waals surface area contributed by atoms with Crippen molar-refractivity contribution in [1.29, 1.82) is 0 Å². The molecule has 0 saturated carbocycles. The minimum Gasteiger partial charge on any atom is -0.272 e. The quantitative estimate of drug-likeness (QED) is 0.675. The molecular formula is C11H7NO4S. The number of imide groups is 1. The van der Waals surface area contributed by atoms with E-state index in [-0.39, 0.29) is 14.8 Å². The van der Waals surface area contributed by atoms with E-state index in [4.69, 9.17) is 6.42 Å². The Labute approximate surface area is 98.1 Å². The van der Waals surface area contributed by atoms with Crippen LogP contribution in [-0.2, 0) is 14.8 Å². The largest absolute Gasteiger partial charge is 0.276 e. The van der Waals surface area contributed by atoms with Gasteiger partial charge in [-0.15, -0.1) is 6.42 Å². The molecule has 0 unspecified atom stereocenters. The Bertz CT molecular complexity index is 654. The minimum absolute atomic E-state index is 0.00197. The summed E-state index contributed by atoms with van der Waals surface area (Å²) in [5.41, 5.74) is -0.00197. The van der Waals surface area contributed by atoms with Crippen LogP contribution in [0.3, 0.4) is 0 Å². The van der Waals surface area contributed by atoms with Crippen LogP contribution in [0.15, 0.2) is 29.2 Å². The number of hydrogen-bond acceptors (Lipinski definition) is 4. The van der Waals surface area contributed by atoms with Gasteiger partial charge in [0.05, 0.1) is 12.0 Å². The topological polar surface area (TPSA) is 71.5 Å². The minimum atomic E-state index is -4.08. The number of fused-ring (bicyclic) bond motifs is 1. The van der Waals surface area contributed by atoms with Crippen molar-refractivity contribution in [3.05, 3.63) is 29.8 Å². The van der Waals surface area contributed by atoms with Crippen molar-refractivity contribution in [3.63, 3.8) is 0 Å². The summed E-state index contributed by atoms with van der Waals surface area (Å²) < 4.78 is 24.1. The molecule has 0 aliphatic carbocycles. The van der Waals surface area contributed by atoms with E-state index in [1.165, 1.54) is 24.3 Å². The fraction of sp³-hybridized carbons (Fsp3) is 0.0909. The molecule has 2 rings (SSSR count). The van der Waals surface area contributed by atoms with Gasteiger partial charge in [-0.25, -0.2) is 8.42 Å². The average Bonchev–Trinajstić information content (AvgIpc) is 2.48. The summed E-state index contributed by atoms with van der Waals surface area (Å²) in [6.45, 7) is 0. The molecule has 0 radical (unpaired) electrons. The van der Waals surface area contributed by atoms with Gasteiger partial charge in [-0.2, -0.15) is 4.31 Å². The van der Waals surface area contributed by atoms with E-state index in [9.17, 15) is 18.0 Å². The zero-order chi connectivity index (χ0) is 12.6. The lowest BCUT2D eigenvalue weighted by atomic mass is 10.2. The first-order chi connectivity index (χ1) is 8.00. The van der Waals surface area contributed by atoms with E-state index in [0.29, 0.717) is 0 Å². The molecular weight excluding hydrogens is 242 g/mol. The molecule has 1 aliphatic heterocycles. The summed E-state index contributed by atoms with van der Waals surface area (Å²) in [6.07, 6.45) is 4.50. The van der Waals surface area contributed by atoms with Crippen molar-refractivity contribution < 1.29 is 18.0 Å². The molecule has 6 heteroatoms. The van der Waals surface area contributed by atoms with Crippen molar-refractivity contribution >= 4 is 21.8 Å². The molecule has 0 N–H and O–H groups in total. The van der Waals surface area contributed by atoms with Crippen LogP contribution in [-0.4, -0.2) is 24.5 Å². The Morgan fingerprint density at radius 3 is 2.59 bits per heavy atom. The Balaban J connectivity index is 2.60. The van der Waals surface area contributed by atoms with Crippen molar-refractivity contribution in [3.8, 4) is 12.3 Å². The SMILES string of the molecule is C#CCC(=O)N1C(=O)c2ccccc2S1(=O)=O. The summed E-state index contributed by atoms with van der Waals surface area (Å²) >= 11 is 0. The molecule has 0 fully saturated rings. The molecule has 1 aromatic rings. The highest BCUT2D eigenvalue weighted by molar-refractivity contribution is 7.90. The Morgan fingerprint density at radius 2 is 2.00 bits per heavy atom. The van der Waals surface area contributed by atoms with Crippen LogP contribution in [0, 0.1) is 12.3 Å². The Kier molecular flexibility index (Phi) is 2.48. The first kappa shape index (κ1) is 11.4. The summed E-state index contributed by atoms with van der Waals surface area (Å²) in [6, 6.07) is 5.66. The van der Waals surface area contributed by atoms with Gasteiger partial charge in [0.2, 0.25) is 0 Å². The summed E-state index contributed by atoms with van der Waals surface area (Å²) in [7, 11) is -4.08. The molecule has 86 valence electrons. The zero-order valence-electron chi connectivity index (χ0n) is 8.58. The smallest absolute Gasteiger partial charge is 0.272 e. The van der Waals surface area contributed by atoms with E-state index in [0.717, 1.165) is 0 Å². The van der Waals surface area contributed by atoms with Gasteiger partial charge in [-0.1, -0.05) is 18.1 Å². The number of rotatable bonds is 1. The number of benzene rings is 1. The van der Waals surface area contributed by atoms with Crippen molar-refractivity contribution in [2.24, 2.45) is 0 Å². The van der Waals surface area contributed by atoms with Crippen LogP contribution < -0.4 is 0 Å². The number of nitrogens with zero attached hydrogens (tertiary/aromatic N) is 1. The van der Waals surface area contributed by atoms with Crippen LogP contribution in [0.1, 0.15) is 16.8 Å². The summed E-state index contributed by atoms with van der Waals surface area (Å²) in [5.74, 6) is 0.267. The van der Waals surface area contributed by atoms with Gasteiger partial charge in [0, 0.05) is 0 Å². The number of terminal acetylenes is 1. The molecule has 1 aromatic carbocycles. The second kappa shape index (κ2) is 3.71. The molecule has 0 spiro atoms. The lowest BCUT2D eigenvalue weighted by Crippen LogP contribution is -2.35. The van der Waals surface area contributed by atoms with Gasteiger partial charge in [0.25, 0.3) is 21.8 Å². The highest BCUT2D eigenvalue weighted by Gasteiger charge is 2.44. The molecule has 17 heavy (non-hydrogen) atoms. The maximum Gasteiger partial charge on any atom is 0.276 e. The zero-order valence-corrected chi connectivity index (χ0v) is 9.40. The fourth-order valence-electron chi connectivity index (χ4n) is 1.59. The van der Waals surface area contributed by atoms with E-state index in [2.05, 4.69) is 0 Å². The van der Waals surface area contributed by atoms with Crippen molar-refractivity contribution in [1.82, 2.24) is 4.31 Å². The van der Waals surface area contributed by atoms with E-state index < -0.39 is 28.3 Å². The predicted octanol–water partition coefficient (Wildman–Crippen LogP) is 0.381. The Hall–Kier alpha value is -2.13. The molecule has 0 saturated heterocycles. The fourth-order valence-corrected chi connectivity index (χ4v) is 3.12. The molecule has 2 amide bonds. The lowest BCUT2D eigenvalue weighted by Gasteiger charge is -2.10. The second-order valence-electron chi connectivity index (χ2n) is 3.35. The molecule has 5 nitrogen and oxygen atoms in total. The Morgan fingerprint density at radius 1 is 1.35 bits per heavy atom. The van der Waals surface area contributed by atoms with Gasteiger partial charge in [-0.05, 0) is 12.1 Å². The average molecular weight is 249 g/mol. The van der Waals surface area contributed by atoms with Gasteiger partial charge >= 0.3 is 0 Å². The van der Waals surface area contributed by atoms with E-state index >= 15 is 0 Å². The maximum absolute atomic E-state index is 11.9. The molecule has 0 atom stereocenters. The highest BCUT2D eigenvalue weighted by Crippen LogP contribution is 2.30. The molecule has 1 heterocycles. The maximum atomic E-state index is 11.9. The van der Waals surface area contributed by atoms with E-state index in [1.54, 1.807) is 0 Å². The number of hydrogen-bond donors (Lipinski definition) is 0. The van der Waals surface area contributed by atoms with Gasteiger partial charge in [0.15, 0.2) is 0 Å². The van der Waals surface area contributed by atoms with Crippen LogP contribution in [0.2, 0.25) is 0 Å². The van der Waals surface area contributed by atoms with Gasteiger partial charge < -0.3 is 0 Å². The van der Waals surface area contributed by atoms with Crippen LogP contribution >= 0.6 is 0 Å². The summed E-state index contributed by atoms with van der Waals surface area (Å²) in [4.78, 5) is 23.2. The molecule has 0 aromatic heterocycles. The third-order valence-electron chi connectivity index (χ3n) is 2.30. The highest BCUT2D eigenvalue weighted by atomic mass is 32.2. The number of amides is 2. The second-order valence-corrected chi connectivity index (χ2v) is 5.10. The van der Waals surface area contributed by atoms with Crippen molar-refractivity contribution in [2.45, 2.75) is 11.3 Å². The van der Waals surface area contributed by atoms with Crippen LogP contribution in [0.25, 0.3) is 0 Å². The van der Waals surface area contributed by atoms with Gasteiger partial charge in [0.1, 0.15) is 4.90 Å². The molecule has 0 bridgehead atoms. The normalized spacial score (nSPS) is 16.4. The van der Waals surface area contributed by atoms with Gasteiger partial charge in [-0.3, -0.25) is 9.59 Å². The first-order valence-corrected chi connectivity index (χ1v) is 6.09. The standard InChI is InChI=1S/C11H7NO4S/c1-2-5-10(13)12-11(14)8-6-3-4-7-9(8)17(12,15)16/h1,3-4,6-7H,5H2. The van der Waals surface area contributed by atoms with Crippen molar-refractivity contribution in [2.75, 3.05) is 0 Å². The third kappa shape index (κ3) is 1.52. The molecule has 1 aliphatic rings. The number of carbonyl (C=O) groups excluding carboxylic acids is 2. The monoisotopic (exact) mass is 249 g/mol. The van der Waals surface area contributed by atoms with Crippen LogP contribution in [0.4, 0.5) is 0 Å². The number of sulfonamides is 1. The lowest BCUT2D eigenvalue weighted by molar-refractivity contribution is -0.123. The third-order valence-corrected chi connectivity index (χ3v) is 4.06. The van der Waals surface area contributed by atoms with Crippen LogP contribution in [0.5, 0.6) is 0 Å². The van der Waals surface area contributed by atoms with E-state index in [1.807, 2.05) is 5.92 Å².